The van der Waals surface area contributed by atoms with Gasteiger partial charge in [-0.15, -0.1) is 0 Å². The van der Waals surface area contributed by atoms with Gasteiger partial charge in [-0.25, -0.2) is 0 Å². The van der Waals surface area contributed by atoms with E-state index in [0.717, 1.165) is 25.7 Å². The molecule has 4 rings (SSSR count). The van der Waals surface area contributed by atoms with Crippen molar-refractivity contribution in [3.8, 4) is 0 Å². The molecule has 0 heterocycles. The summed E-state index contributed by atoms with van der Waals surface area (Å²) < 4.78 is 0. The number of fused-ring (bicyclic) bond motifs is 5. The highest BCUT2D eigenvalue weighted by Gasteiger charge is 2.61. The summed E-state index contributed by atoms with van der Waals surface area (Å²) in [6.07, 6.45) is 6.59. The van der Waals surface area contributed by atoms with Crippen molar-refractivity contribution in [1.29, 1.82) is 0 Å². The van der Waals surface area contributed by atoms with Crippen molar-refractivity contribution in [2.75, 3.05) is 0 Å². The van der Waals surface area contributed by atoms with Gasteiger partial charge in [0, 0.05) is 25.2 Å². The summed E-state index contributed by atoms with van der Waals surface area (Å²) in [5, 5.41) is 10.0. The van der Waals surface area contributed by atoms with Gasteiger partial charge in [0.1, 0.15) is 11.6 Å². The highest BCUT2D eigenvalue weighted by atomic mass is 16.3. The maximum Gasteiger partial charge on any atom is 0.136 e. The van der Waals surface area contributed by atoms with Crippen molar-refractivity contribution < 1.29 is 14.7 Å². The fourth-order valence-electron chi connectivity index (χ4n) is 6.80. The molecular formula is C21H34O3. The molecule has 24 heavy (non-hydrogen) atoms. The number of ketones is 2. The number of aliphatic hydroxyl groups is 1. The molecule has 0 aromatic carbocycles. The highest BCUT2D eigenvalue weighted by molar-refractivity contribution is 5.85. The fourth-order valence-corrected chi connectivity index (χ4v) is 6.80. The SMILES string of the molecule is CC.C[C@@]12CC[C@@H]3[C@H](CC(=O)[C@@H]4C[C@@H](O)CC[C@@]34C)[C@H]1CC(=O)C2. The van der Waals surface area contributed by atoms with Crippen LogP contribution in [0.4, 0.5) is 0 Å². The van der Waals surface area contributed by atoms with Gasteiger partial charge >= 0.3 is 0 Å². The Labute approximate surface area is 146 Å². The van der Waals surface area contributed by atoms with E-state index in [1.54, 1.807) is 0 Å². The van der Waals surface area contributed by atoms with Gasteiger partial charge in [-0.2, -0.15) is 0 Å². The van der Waals surface area contributed by atoms with Gasteiger partial charge in [0.2, 0.25) is 0 Å². The van der Waals surface area contributed by atoms with Gasteiger partial charge in [-0.3, -0.25) is 9.59 Å². The molecule has 4 aliphatic rings. The van der Waals surface area contributed by atoms with Crippen molar-refractivity contribution in [2.45, 2.75) is 85.2 Å². The van der Waals surface area contributed by atoms with E-state index in [1.807, 2.05) is 13.8 Å². The van der Waals surface area contributed by atoms with Crippen molar-refractivity contribution in [1.82, 2.24) is 0 Å². The Morgan fingerprint density at radius 2 is 1.71 bits per heavy atom. The lowest BCUT2D eigenvalue weighted by Gasteiger charge is -2.59. The Kier molecular flexibility index (Phi) is 4.70. The molecule has 0 amide bonds. The average molecular weight is 335 g/mol. The highest BCUT2D eigenvalue weighted by Crippen LogP contribution is 2.64. The lowest BCUT2D eigenvalue weighted by atomic mass is 9.45. The van der Waals surface area contributed by atoms with Crippen LogP contribution in [-0.2, 0) is 9.59 Å². The fraction of sp³-hybridized carbons (Fsp3) is 0.905. The molecule has 0 aromatic rings. The van der Waals surface area contributed by atoms with Crippen LogP contribution in [0.2, 0.25) is 0 Å². The topological polar surface area (TPSA) is 54.4 Å². The van der Waals surface area contributed by atoms with Gasteiger partial charge < -0.3 is 5.11 Å². The lowest BCUT2D eigenvalue weighted by Crippen LogP contribution is -2.56. The molecule has 0 aliphatic heterocycles. The van der Waals surface area contributed by atoms with E-state index in [-0.39, 0.29) is 22.9 Å². The molecule has 136 valence electrons. The zero-order valence-corrected chi connectivity index (χ0v) is 15.8. The van der Waals surface area contributed by atoms with E-state index in [9.17, 15) is 14.7 Å². The second kappa shape index (κ2) is 6.23. The summed E-state index contributed by atoms with van der Waals surface area (Å²) in [5.74, 6) is 2.24. The summed E-state index contributed by atoms with van der Waals surface area (Å²) >= 11 is 0. The number of Topliss-reactive ketones (excluding diaryl/α,β-unsaturated/α-hetero) is 2. The van der Waals surface area contributed by atoms with Gasteiger partial charge in [-0.1, -0.05) is 27.7 Å². The van der Waals surface area contributed by atoms with Crippen LogP contribution in [0.5, 0.6) is 0 Å². The molecule has 0 spiro atoms. The van der Waals surface area contributed by atoms with E-state index in [4.69, 9.17) is 0 Å². The van der Waals surface area contributed by atoms with Crippen LogP contribution in [0.25, 0.3) is 0 Å². The number of carbonyl (C=O) groups excluding carboxylic acids is 2. The number of carbonyl (C=O) groups is 2. The molecule has 0 radical (unpaired) electrons. The third-order valence-electron chi connectivity index (χ3n) is 8.00. The molecule has 0 saturated heterocycles. The standard InChI is InChI=1S/C19H28O3.C2H6/c1-18-5-4-14-13(15(18)8-12(21)10-18)9-17(22)16-7-11(20)3-6-19(14,16)2;1-2/h11,13-16,20H,3-10H2,1-2H3;1-2H3/t11-,13-,14+,15+,16-,18-,19-;/m0./s1. The Balaban J connectivity index is 0.000000815. The Morgan fingerprint density at radius 1 is 1.00 bits per heavy atom. The molecule has 0 aromatic heterocycles. The van der Waals surface area contributed by atoms with Crippen LogP contribution in [-0.4, -0.2) is 22.8 Å². The third kappa shape index (κ3) is 2.58. The molecule has 3 heteroatoms. The second-order valence-corrected chi connectivity index (χ2v) is 9.15. The predicted octanol–water partition coefficient (Wildman–Crippen LogP) is 4.16. The summed E-state index contributed by atoms with van der Waals surface area (Å²) in [4.78, 5) is 24.9. The van der Waals surface area contributed by atoms with Crippen LogP contribution < -0.4 is 0 Å². The normalized spacial score (nSPS) is 50.3. The number of hydrogen-bond donors (Lipinski definition) is 1. The average Bonchev–Trinajstić information content (AvgIpc) is 2.86. The van der Waals surface area contributed by atoms with E-state index < -0.39 is 0 Å². The first-order valence-electron chi connectivity index (χ1n) is 10.1. The second-order valence-electron chi connectivity index (χ2n) is 9.15. The van der Waals surface area contributed by atoms with Gasteiger partial charge in [0.15, 0.2) is 0 Å². The first-order valence-corrected chi connectivity index (χ1v) is 10.1. The first kappa shape index (κ1) is 18.1. The van der Waals surface area contributed by atoms with Crippen LogP contribution in [0.15, 0.2) is 0 Å². The Morgan fingerprint density at radius 3 is 2.42 bits per heavy atom. The minimum Gasteiger partial charge on any atom is -0.393 e. The van der Waals surface area contributed by atoms with Gasteiger partial charge in [0.05, 0.1) is 6.10 Å². The zero-order chi connectivity index (χ0) is 17.7. The smallest absolute Gasteiger partial charge is 0.136 e. The molecule has 0 unspecified atom stereocenters. The molecule has 7 atom stereocenters. The monoisotopic (exact) mass is 334 g/mol. The summed E-state index contributed by atoms with van der Waals surface area (Å²) in [5.41, 5.74) is 0.210. The van der Waals surface area contributed by atoms with E-state index >= 15 is 0 Å². The number of rotatable bonds is 0. The number of hydrogen-bond acceptors (Lipinski definition) is 3. The van der Waals surface area contributed by atoms with Crippen LogP contribution in [0, 0.1) is 34.5 Å². The van der Waals surface area contributed by atoms with Crippen LogP contribution >= 0.6 is 0 Å². The Hall–Kier alpha value is -0.700. The maximum absolute atomic E-state index is 12.8. The van der Waals surface area contributed by atoms with Crippen molar-refractivity contribution in [3.05, 3.63) is 0 Å². The molecule has 0 bridgehead atoms. The van der Waals surface area contributed by atoms with Gasteiger partial charge in [-0.05, 0) is 60.7 Å². The first-order chi connectivity index (χ1) is 11.3. The maximum atomic E-state index is 12.8. The van der Waals surface area contributed by atoms with E-state index in [2.05, 4.69) is 13.8 Å². The molecule has 3 nitrogen and oxygen atoms in total. The van der Waals surface area contributed by atoms with E-state index in [1.165, 1.54) is 6.42 Å². The molecule has 4 fully saturated rings. The molecule has 1 N–H and O–H groups in total. The zero-order valence-electron chi connectivity index (χ0n) is 15.8. The van der Waals surface area contributed by atoms with E-state index in [0.29, 0.717) is 48.6 Å². The quantitative estimate of drug-likeness (QED) is 0.723. The lowest BCUT2D eigenvalue weighted by molar-refractivity contribution is -0.157. The molecule has 4 aliphatic carbocycles. The number of aliphatic hydroxyl groups excluding tert-OH is 1. The van der Waals surface area contributed by atoms with Crippen LogP contribution in [0.3, 0.4) is 0 Å². The summed E-state index contributed by atoms with van der Waals surface area (Å²) in [7, 11) is 0. The third-order valence-corrected chi connectivity index (χ3v) is 8.00. The summed E-state index contributed by atoms with van der Waals surface area (Å²) in [6.45, 7) is 8.58. The van der Waals surface area contributed by atoms with Crippen molar-refractivity contribution in [2.24, 2.45) is 34.5 Å². The van der Waals surface area contributed by atoms with Crippen molar-refractivity contribution in [3.63, 3.8) is 0 Å². The minimum absolute atomic E-state index is 0.0546. The van der Waals surface area contributed by atoms with Gasteiger partial charge in [0.25, 0.3) is 0 Å². The molecule has 4 saturated carbocycles. The predicted molar refractivity (Wildman–Crippen MR) is 94.5 cm³/mol. The Bertz CT molecular complexity index is 527. The van der Waals surface area contributed by atoms with Crippen molar-refractivity contribution >= 4 is 11.6 Å². The molecular weight excluding hydrogens is 300 g/mol. The summed E-state index contributed by atoms with van der Waals surface area (Å²) in [6, 6.07) is 0. The largest absolute Gasteiger partial charge is 0.393 e. The minimum atomic E-state index is -0.291. The van der Waals surface area contributed by atoms with Crippen LogP contribution in [0.1, 0.15) is 79.1 Å².